The van der Waals surface area contributed by atoms with Crippen LogP contribution in [0, 0.1) is 0 Å². The van der Waals surface area contributed by atoms with Crippen molar-refractivity contribution in [1.29, 1.82) is 0 Å². The van der Waals surface area contributed by atoms with E-state index in [1.807, 2.05) is 24.3 Å². The summed E-state index contributed by atoms with van der Waals surface area (Å²) in [4.78, 5) is 0. The Morgan fingerprint density at radius 1 is 1.29 bits per heavy atom. The van der Waals surface area contributed by atoms with Crippen LogP contribution in [0.25, 0.3) is 11.0 Å². The predicted molar refractivity (Wildman–Crippen MR) is 59.8 cm³/mol. The lowest BCUT2D eigenvalue weighted by molar-refractivity contribution is 0.537. The molecule has 2 rings (SSSR count). The molecule has 0 bridgehead atoms. The Kier molecular flexibility index (Phi) is 2.78. The zero-order valence-corrected chi connectivity index (χ0v) is 8.97. The molecule has 0 aliphatic rings. The van der Waals surface area contributed by atoms with Gasteiger partial charge in [0.15, 0.2) is 0 Å². The molecule has 1 aromatic heterocycles. The molecule has 0 saturated carbocycles. The van der Waals surface area contributed by atoms with Crippen LogP contribution >= 0.6 is 11.6 Å². The summed E-state index contributed by atoms with van der Waals surface area (Å²) < 4.78 is 5.67. The number of furan rings is 1. The zero-order chi connectivity index (χ0) is 9.97. The van der Waals surface area contributed by atoms with E-state index in [1.165, 1.54) is 0 Å². The highest BCUT2D eigenvalue weighted by Crippen LogP contribution is 2.31. The summed E-state index contributed by atoms with van der Waals surface area (Å²) in [6, 6.07) is 7.90. The molecule has 74 valence electrons. The van der Waals surface area contributed by atoms with Gasteiger partial charge in [-0.3, -0.25) is 0 Å². The highest BCUT2D eigenvalue weighted by Gasteiger charge is 2.10. The van der Waals surface area contributed by atoms with Crippen LogP contribution < -0.4 is 0 Å². The first-order chi connectivity index (χ1) is 6.83. The van der Waals surface area contributed by atoms with Crippen LogP contribution in [0.3, 0.4) is 0 Å². The van der Waals surface area contributed by atoms with Crippen molar-refractivity contribution in [3.8, 4) is 0 Å². The normalized spacial score (nSPS) is 11.0. The maximum Gasteiger partial charge on any atom is 0.135 e. The molecule has 1 nitrogen and oxygen atoms in total. The first kappa shape index (κ1) is 9.60. The Morgan fingerprint density at radius 2 is 2.07 bits per heavy atom. The summed E-state index contributed by atoms with van der Waals surface area (Å²) in [5.74, 6) is 0.926. The molecular weight excluding hydrogens is 196 g/mol. The van der Waals surface area contributed by atoms with Crippen LogP contribution in [0.2, 0.25) is 5.02 Å². The topological polar surface area (TPSA) is 13.1 Å². The van der Waals surface area contributed by atoms with Gasteiger partial charge in [-0.15, -0.1) is 0 Å². The van der Waals surface area contributed by atoms with Gasteiger partial charge >= 0.3 is 0 Å². The number of hydrogen-bond acceptors (Lipinski definition) is 1. The van der Waals surface area contributed by atoms with Gasteiger partial charge in [-0.05, 0) is 18.6 Å². The minimum atomic E-state index is 0.786. The van der Waals surface area contributed by atoms with Crippen LogP contribution in [0.1, 0.15) is 25.5 Å². The molecule has 0 radical (unpaired) electrons. The third kappa shape index (κ3) is 1.64. The molecular formula is C12H13ClO. The lowest BCUT2D eigenvalue weighted by Gasteiger charge is -1.93. The molecule has 2 aromatic rings. The summed E-state index contributed by atoms with van der Waals surface area (Å²) in [5.41, 5.74) is 0.892. The van der Waals surface area contributed by atoms with Crippen LogP contribution in [-0.2, 0) is 6.42 Å². The number of fused-ring (bicyclic) bond motifs is 1. The summed E-state index contributed by atoms with van der Waals surface area (Å²) in [7, 11) is 0. The van der Waals surface area contributed by atoms with Crippen LogP contribution in [0.5, 0.6) is 0 Å². The monoisotopic (exact) mass is 208 g/mol. The second kappa shape index (κ2) is 4.05. The minimum absolute atomic E-state index is 0.786. The number of benzene rings is 1. The molecule has 0 unspecified atom stereocenters. The number of unbranched alkanes of at least 4 members (excludes halogenated alkanes) is 1. The quantitative estimate of drug-likeness (QED) is 0.728. The van der Waals surface area contributed by atoms with Crippen molar-refractivity contribution in [1.82, 2.24) is 0 Å². The lowest BCUT2D eigenvalue weighted by Crippen LogP contribution is -1.80. The maximum absolute atomic E-state index is 6.20. The highest BCUT2D eigenvalue weighted by atomic mass is 35.5. The van der Waals surface area contributed by atoms with E-state index in [0.29, 0.717) is 0 Å². The van der Waals surface area contributed by atoms with Crippen molar-refractivity contribution >= 4 is 22.6 Å². The van der Waals surface area contributed by atoms with Crippen molar-refractivity contribution in [2.75, 3.05) is 0 Å². The van der Waals surface area contributed by atoms with Crippen LogP contribution in [0.15, 0.2) is 28.7 Å². The third-order valence-electron chi connectivity index (χ3n) is 2.36. The summed E-state index contributed by atoms with van der Waals surface area (Å²) >= 11 is 6.20. The lowest BCUT2D eigenvalue weighted by atomic mass is 10.2. The predicted octanol–water partition coefficient (Wildman–Crippen LogP) is 4.43. The summed E-state index contributed by atoms with van der Waals surface area (Å²) in [6.07, 6.45) is 3.22. The fourth-order valence-corrected chi connectivity index (χ4v) is 1.85. The van der Waals surface area contributed by atoms with Gasteiger partial charge in [0.05, 0.1) is 5.02 Å². The maximum atomic E-state index is 6.20. The standard InChI is InChI=1S/C12H13ClO/c1-2-3-7-11-12(13)9-6-4-5-8-10(9)14-11/h4-6,8H,2-3,7H2,1H3. The number of hydrogen-bond donors (Lipinski definition) is 0. The van der Waals surface area contributed by atoms with Gasteiger partial charge in [-0.2, -0.15) is 0 Å². The number of rotatable bonds is 3. The van der Waals surface area contributed by atoms with Gasteiger partial charge in [0.1, 0.15) is 11.3 Å². The minimum Gasteiger partial charge on any atom is -0.459 e. The second-order valence-corrected chi connectivity index (χ2v) is 3.82. The van der Waals surface area contributed by atoms with Gasteiger partial charge in [-0.25, -0.2) is 0 Å². The van der Waals surface area contributed by atoms with Crippen molar-refractivity contribution in [2.24, 2.45) is 0 Å². The summed E-state index contributed by atoms with van der Waals surface area (Å²) in [6.45, 7) is 2.16. The number of halogens is 1. The fraction of sp³-hybridized carbons (Fsp3) is 0.333. The Labute approximate surface area is 88.7 Å². The van der Waals surface area contributed by atoms with E-state index in [4.69, 9.17) is 16.0 Å². The molecule has 0 N–H and O–H groups in total. The average molecular weight is 209 g/mol. The average Bonchev–Trinajstić information content (AvgIpc) is 2.54. The largest absolute Gasteiger partial charge is 0.459 e. The smallest absolute Gasteiger partial charge is 0.135 e. The first-order valence-electron chi connectivity index (χ1n) is 4.99. The molecule has 1 heterocycles. The molecule has 0 spiro atoms. The Bertz CT molecular complexity index is 431. The van der Waals surface area contributed by atoms with E-state index in [-0.39, 0.29) is 0 Å². The van der Waals surface area contributed by atoms with Crippen molar-refractivity contribution < 1.29 is 4.42 Å². The SMILES string of the molecule is CCCCc1oc2ccccc2c1Cl. The fourth-order valence-electron chi connectivity index (χ4n) is 1.56. The van der Waals surface area contributed by atoms with Crippen molar-refractivity contribution in [2.45, 2.75) is 26.2 Å². The zero-order valence-electron chi connectivity index (χ0n) is 8.22. The van der Waals surface area contributed by atoms with E-state index in [0.717, 1.165) is 41.0 Å². The Balaban J connectivity index is 2.41. The van der Waals surface area contributed by atoms with E-state index < -0.39 is 0 Å². The van der Waals surface area contributed by atoms with Crippen molar-refractivity contribution in [3.05, 3.63) is 35.0 Å². The van der Waals surface area contributed by atoms with E-state index >= 15 is 0 Å². The van der Waals surface area contributed by atoms with Gasteiger partial charge in [0.2, 0.25) is 0 Å². The van der Waals surface area contributed by atoms with E-state index in [2.05, 4.69) is 6.92 Å². The molecule has 0 amide bonds. The highest BCUT2D eigenvalue weighted by molar-refractivity contribution is 6.36. The molecule has 0 aliphatic heterocycles. The Morgan fingerprint density at radius 3 is 2.79 bits per heavy atom. The molecule has 1 aromatic carbocycles. The molecule has 0 atom stereocenters. The van der Waals surface area contributed by atoms with E-state index in [9.17, 15) is 0 Å². The molecule has 0 saturated heterocycles. The second-order valence-electron chi connectivity index (χ2n) is 3.44. The molecule has 0 fully saturated rings. The molecule has 2 heteroatoms. The van der Waals surface area contributed by atoms with Gasteiger partial charge < -0.3 is 4.42 Å². The number of para-hydroxylation sites is 1. The third-order valence-corrected chi connectivity index (χ3v) is 2.77. The Hall–Kier alpha value is -0.950. The van der Waals surface area contributed by atoms with Crippen LogP contribution in [-0.4, -0.2) is 0 Å². The van der Waals surface area contributed by atoms with Crippen molar-refractivity contribution in [3.63, 3.8) is 0 Å². The van der Waals surface area contributed by atoms with Gasteiger partial charge in [0.25, 0.3) is 0 Å². The van der Waals surface area contributed by atoms with E-state index in [1.54, 1.807) is 0 Å². The molecule has 14 heavy (non-hydrogen) atoms. The van der Waals surface area contributed by atoms with Crippen LogP contribution in [0.4, 0.5) is 0 Å². The van der Waals surface area contributed by atoms with Gasteiger partial charge in [0, 0.05) is 11.8 Å². The summed E-state index contributed by atoms with van der Waals surface area (Å²) in [5, 5.41) is 1.81. The number of aryl methyl sites for hydroxylation is 1. The first-order valence-corrected chi connectivity index (χ1v) is 5.36. The van der Waals surface area contributed by atoms with Gasteiger partial charge in [-0.1, -0.05) is 37.1 Å². The molecule has 0 aliphatic carbocycles.